The number of amides is 3. The van der Waals surface area contributed by atoms with E-state index in [9.17, 15) is 19.2 Å². The molecular formula is C22H23N3O8. The zero-order valence-corrected chi connectivity index (χ0v) is 18.0. The molecule has 3 rings (SSSR count). The number of hydrogen-bond donors (Lipinski definition) is 3. The molecule has 1 aromatic carbocycles. The molecule has 0 bridgehead atoms. The Morgan fingerprint density at radius 3 is 2.52 bits per heavy atom. The first kappa shape index (κ1) is 23.4. The highest BCUT2D eigenvalue weighted by Gasteiger charge is 2.34. The Bertz CT molecular complexity index is 1040. The van der Waals surface area contributed by atoms with Gasteiger partial charge in [0.05, 0.1) is 37.3 Å². The third kappa shape index (κ3) is 5.91. The van der Waals surface area contributed by atoms with Crippen LogP contribution >= 0.6 is 0 Å². The van der Waals surface area contributed by atoms with Crippen LogP contribution in [0, 0.1) is 0 Å². The molecule has 0 spiro atoms. The Balaban J connectivity index is 1.75. The topological polar surface area (TPSA) is 145 Å². The van der Waals surface area contributed by atoms with Crippen molar-refractivity contribution < 1.29 is 37.8 Å². The van der Waals surface area contributed by atoms with Gasteiger partial charge in [-0.05, 0) is 36.8 Å². The summed E-state index contributed by atoms with van der Waals surface area (Å²) in [5.41, 5.74) is 0.765. The molecule has 1 unspecified atom stereocenters. The summed E-state index contributed by atoms with van der Waals surface area (Å²) in [6.07, 6.45) is 1.33. The number of carbonyl (C=O) groups is 4. The van der Waals surface area contributed by atoms with Gasteiger partial charge in [-0.2, -0.15) is 0 Å². The average Bonchev–Trinajstić information content (AvgIpc) is 3.36. The molecule has 1 aromatic heterocycles. The molecule has 1 aliphatic rings. The van der Waals surface area contributed by atoms with Gasteiger partial charge in [-0.15, -0.1) is 0 Å². The molecule has 2 heterocycles. The minimum Gasteiger partial charge on any atom is -0.497 e. The van der Waals surface area contributed by atoms with Gasteiger partial charge in [0.1, 0.15) is 18.9 Å². The number of rotatable bonds is 9. The average molecular weight is 457 g/mol. The van der Waals surface area contributed by atoms with E-state index in [-0.39, 0.29) is 23.6 Å². The van der Waals surface area contributed by atoms with Gasteiger partial charge >= 0.3 is 18.0 Å². The maximum Gasteiger partial charge on any atom is 0.338 e. The van der Waals surface area contributed by atoms with Crippen molar-refractivity contribution in [3.05, 3.63) is 65.3 Å². The van der Waals surface area contributed by atoms with Crippen LogP contribution in [0.5, 0.6) is 5.75 Å². The van der Waals surface area contributed by atoms with Crippen molar-refractivity contribution in [1.82, 2.24) is 16.0 Å². The molecule has 0 saturated heterocycles. The van der Waals surface area contributed by atoms with Gasteiger partial charge in [0.15, 0.2) is 5.76 Å². The predicted molar refractivity (Wildman–Crippen MR) is 113 cm³/mol. The van der Waals surface area contributed by atoms with Crippen molar-refractivity contribution in [1.29, 1.82) is 0 Å². The smallest absolute Gasteiger partial charge is 0.338 e. The Hall–Kier alpha value is -4.28. The summed E-state index contributed by atoms with van der Waals surface area (Å²) >= 11 is 0. The summed E-state index contributed by atoms with van der Waals surface area (Å²) in [5, 5.41) is 7.53. The van der Waals surface area contributed by atoms with E-state index in [1.54, 1.807) is 31.2 Å². The first-order valence-electron chi connectivity index (χ1n) is 10.0. The van der Waals surface area contributed by atoms with E-state index in [0.29, 0.717) is 11.3 Å². The summed E-state index contributed by atoms with van der Waals surface area (Å²) < 4.78 is 20.4. The molecule has 3 N–H and O–H groups in total. The fourth-order valence-electron chi connectivity index (χ4n) is 3.08. The minimum atomic E-state index is -0.837. The first-order valence-corrected chi connectivity index (χ1v) is 10.0. The van der Waals surface area contributed by atoms with Gasteiger partial charge in [0.2, 0.25) is 0 Å². The van der Waals surface area contributed by atoms with Crippen LogP contribution in [0.2, 0.25) is 0 Å². The van der Waals surface area contributed by atoms with Crippen LogP contribution in [0.4, 0.5) is 4.79 Å². The molecular weight excluding hydrogens is 434 g/mol. The second-order valence-corrected chi connectivity index (χ2v) is 6.74. The highest BCUT2D eigenvalue weighted by atomic mass is 16.5. The largest absolute Gasteiger partial charge is 0.497 e. The summed E-state index contributed by atoms with van der Waals surface area (Å²) in [4.78, 5) is 48.9. The normalized spacial score (nSPS) is 15.2. The Kier molecular flexibility index (Phi) is 7.68. The van der Waals surface area contributed by atoms with E-state index >= 15 is 0 Å². The summed E-state index contributed by atoms with van der Waals surface area (Å²) in [5.74, 6) is -1.39. The molecule has 1 aliphatic heterocycles. The molecule has 33 heavy (non-hydrogen) atoms. The number of urea groups is 1. The number of furan rings is 1. The molecule has 11 heteroatoms. The lowest BCUT2D eigenvalue weighted by atomic mass is 9.95. The Morgan fingerprint density at radius 2 is 1.88 bits per heavy atom. The van der Waals surface area contributed by atoms with E-state index < -0.39 is 43.1 Å². The lowest BCUT2D eigenvalue weighted by Crippen LogP contribution is -2.47. The zero-order valence-electron chi connectivity index (χ0n) is 18.0. The van der Waals surface area contributed by atoms with Crippen LogP contribution in [-0.4, -0.2) is 50.7 Å². The van der Waals surface area contributed by atoms with Crippen LogP contribution < -0.4 is 20.7 Å². The van der Waals surface area contributed by atoms with Gasteiger partial charge in [-0.3, -0.25) is 9.59 Å². The van der Waals surface area contributed by atoms with E-state index in [0.717, 1.165) is 0 Å². The molecule has 3 amide bonds. The number of benzene rings is 1. The van der Waals surface area contributed by atoms with Gasteiger partial charge < -0.3 is 34.6 Å². The van der Waals surface area contributed by atoms with Gasteiger partial charge in [-0.1, -0.05) is 12.1 Å². The van der Waals surface area contributed by atoms with Gasteiger partial charge in [-0.25, -0.2) is 9.59 Å². The van der Waals surface area contributed by atoms with Crippen molar-refractivity contribution in [2.45, 2.75) is 13.0 Å². The standard InChI is InChI=1S/C22H23N3O8/c1-3-31-21(28)18-15(12-33-17(26)11-23-20(27)16-5-4-10-32-16)24-22(29)25-19(18)13-6-8-14(30-2)9-7-13/h4-10,19H,3,11-12H2,1-2H3,(H,23,27)(H2,24,25,29). The lowest BCUT2D eigenvalue weighted by Gasteiger charge is -2.29. The lowest BCUT2D eigenvalue weighted by molar-refractivity contribution is -0.142. The molecule has 11 nitrogen and oxygen atoms in total. The van der Waals surface area contributed by atoms with Crippen LogP contribution in [0.25, 0.3) is 0 Å². The van der Waals surface area contributed by atoms with Crippen molar-refractivity contribution in [2.24, 2.45) is 0 Å². The summed E-state index contributed by atoms with van der Waals surface area (Å²) in [6.45, 7) is 0.911. The van der Waals surface area contributed by atoms with Crippen LogP contribution in [-0.2, 0) is 19.1 Å². The van der Waals surface area contributed by atoms with Crippen molar-refractivity contribution in [3.8, 4) is 5.75 Å². The third-order valence-electron chi connectivity index (χ3n) is 4.61. The molecule has 0 radical (unpaired) electrons. The molecule has 0 aliphatic carbocycles. The summed E-state index contributed by atoms with van der Waals surface area (Å²) in [7, 11) is 1.52. The van der Waals surface area contributed by atoms with Crippen molar-refractivity contribution in [2.75, 3.05) is 26.9 Å². The number of ether oxygens (including phenoxy) is 3. The van der Waals surface area contributed by atoms with E-state index in [2.05, 4.69) is 16.0 Å². The molecule has 0 fully saturated rings. The SMILES string of the molecule is CCOC(=O)C1=C(COC(=O)CNC(=O)c2ccco2)NC(=O)NC1c1ccc(OC)cc1. The Labute approximate surface area is 189 Å². The second-order valence-electron chi connectivity index (χ2n) is 6.74. The second kappa shape index (κ2) is 10.8. The summed E-state index contributed by atoms with van der Waals surface area (Å²) in [6, 6.07) is 8.33. The maximum absolute atomic E-state index is 12.7. The van der Waals surface area contributed by atoms with Crippen LogP contribution in [0.3, 0.4) is 0 Å². The van der Waals surface area contributed by atoms with Crippen LogP contribution in [0.15, 0.2) is 58.3 Å². The van der Waals surface area contributed by atoms with Gasteiger partial charge in [0.25, 0.3) is 5.91 Å². The monoisotopic (exact) mass is 457 g/mol. The van der Waals surface area contributed by atoms with E-state index in [4.69, 9.17) is 18.6 Å². The van der Waals surface area contributed by atoms with Crippen LogP contribution in [0.1, 0.15) is 29.1 Å². The van der Waals surface area contributed by atoms with Gasteiger partial charge in [0, 0.05) is 0 Å². The number of methoxy groups -OCH3 is 1. The molecule has 174 valence electrons. The number of esters is 2. The molecule has 2 aromatic rings. The zero-order chi connectivity index (χ0) is 23.8. The first-order chi connectivity index (χ1) is 15.9. The Morgan fingerprint density at radius 1 is 1.12 bits per heavy atom. The van der Waals surface area contributed by atoms with E-state index in [1.807, 2.05) is 0 Å². The maximum atomic E-state index is 12.7. The predicted octanol–water partition coefficient (Wildman–Crippen LogP) is 1.43. The number of hydrogen-bond acceptors (Lipinski definition) is 8. The third-order valence-corrected chi connectivity index (χ3v) is 4.61. The minimum absolute atomic E-state index is 0.0445. The van der Waals surface area contributed by atoms with E-state index in [1.165, 1.54) is 25.5 Å². The van der Waals surface area contributed by atoms with Crippen molar-refractivity contribution in [3.63, 3.8) is 0 Å². The highest BCUT2D eigenvalue weighted by molar-refractivity contribution is 5.95. The fraction of sp³-hybridized carbons (Fsp3) is 0.273. The highest BCUT2D eigenvalue weighted by Crippen LogP contribution is 2.29. The number of carbonyl (C=O) groups excluding carboxylic acids is 4. The molecule has 0 saturated carbocycles. The van der Waals surface area contributed by atoms with Crippen molar-refractivity contribution >= 4 is 23.9 Å². The quantitative estimate of drug-likeness (QED) is 0.480. The fourth-order valence-corrected chi connectivity index (χ4v) is 3.08. The molecule has 1 atom stereocenters. The number of nitrogens with one attached hydrogen (secondary N) is 3.